The molecular weight excluding hydrogens is 667 g/mol. The van der Waals surface area contributed by atoms with Gasteiger partial charge in [0.05, 0.1) is 12.5 Å². The zero-order valence-corrected chi connectivity index (χ0v) is 30.0. The molecule has 6 aromatic carbocycles. The molecule has 0 atom stereocenters. The van der Waals surface area contributed by atoms with E-state index in [1.54, 1.807) is 12.5 Å². The fourth-order valence-corrected chi connectivity index (χ4v) is 6.35. The van der Waals surface area contributed by atoms with E-state index in [1.807, 2.05) is 54.6 Å². The van der Waals surface area contributed by atoms with Gasteiger partial charge < -0.3 is 23.2 Å². The first kappa shape index (κ1) is 34.1. The zero-order valence-electron chi connectivity index (χ0n) is 30.0. The smallest absolute Gasteiger partial charge is 0.146 e. The van der Waals surface area contributed by atoms with Gasteiger partial charge in [-0.2, -0.15) is 0 Å². The van der Waals surface area contributed by atoms with Crippen molar-refractivity contribution in [3.05, 3.63) is 222 Å². The van der Waals surface area contributed by atoms with E-state index in [2.05, 4.69) is 139 Å². The number of rotatable bonds is 13. The average molecular weight is 706 g/mol. The summed E-state index contributed by atoms with van der Waals surface area (Å²) in [5.74, 6) is 3.10. The number of hydrogen-bond donors (Lipinski definition) is 0. The molecule has 0 N–H and O–H groups in total. The molecule has 8 aromatic rings. The largest absolute Gasteiger partial charge is 0.486 e. The maximum Gasteiger partial charge on any atom is 0.146 e. The van der Waals surface area contributed by atoms with E-state index in [1.165, 1.54) is 16.7 Å². The second kappa shape index (κ2) is 16.1. The average Bonchev–Trinajstić information content (AvgIpc) is 3.96. The Labute approximate surface area is 316 Å². The third kappa shape index (κ3) is 8.22. The van der Waals surface area contributed by atoms with Crippen molar-refractivity contribution >= 4 is 28.7 Å². The highest BCUT2D eigenvalue weighted by molar-refractivity contribution is 5.92. The minimum atomic E-state index is 0.373. The standard InChI is InChI=1S/C49H39NO4/c1-36-11-21-42(22-12-36)50(44-25-15-39(16-26-44)38-7-3-2-4-8-38)43-23-13-37(14-24-43)33-49(40-17-27-45(28-18-40)53-34-47-9-5-31-51-47)41-19-29-46(30-20-41)54-35-48-10-6-32-52-48/h2-33H,34-35H2,1H3. The number of benzene rings is 6. The molecule has 264 valence electrons. The van der Waals surface area contributed by atoms with E-state index in [0.29, 0.717) is 13.2 Å². The minimum Gasteiger partial charge on any atom is -0.486 e. The van der Waals surface area contributed by atoms with Gasteiger partial charge in [0, 0.05) is 17.1 Å². The molecule has 0 radical (unpaired) electrons. The predicted octanol–water partition coefficient (Wildman–Crippen LogP) is 13.1. The molecule has 0 unspecified atom stereocenters. The lowest BCUT2D eigenvalue weighted by molar-refractivity contribution is 0.270. The van der Waals surface area contributed by atoms with E-state index >= 15 is 0 Å². The van der Waals surface area contributed by atoms with Crippen LogP contribution in [0.2, 0.25) is 0 Å². The topological polar surface area (TPSA) is 48.0 Å². The van der Waals surface area contributed by atoms with Gasteiger partial charge in [0.15, 0.2) is 0 Å². The van der Waals surface area contributed by atoms with Crippen molar-refractivity contribution < 1.29 is 18.3 Å². The summed E-state index contributed by atoms with van der Waals surface area (Å²) in [7, 11) is 0. The van der Waals surface area contributed by atoms with Crippen LogP contribution in [-0.2, 0) is 13.2 Å². The summed E-state index contributed by atoms with van der Waals surface area (Å²) in [5.41, 5.74) is 11.1. The molecule has 0 bridgehead atoms. The lowest BCUT2D eigenvalue weighted by Crippen LogP contribution is -2.09. The fraction of sp³-hybridized carbons (Fsp3) is 0.0612. The maximum atomic E-state index is 5.98. The fourth-order valence-electron chi connectivity index (χ4n) is 6.35. The first-order valence-electron chi connectivity index (χ1n) is 18.0. The van der Waals surface area contributed by atoms with Crippen LogP contribution in [0.1, 0.15) is 33.8 Å². The number of anilines is 3. The van der Waals surface area contributed by atoms with Gasteiger partial charge in [0.2, 0.25) is 0 Å². The Bertz CT molecular complexity index is 2290. The van der Waals surface area contributed by atoms with Crippen LogP contribution in [0.15, 0.2) is 197 Å². The minimum absolute atomic E-state index is 0.373. The highest BCUT2D eigenvalue weighted by Gasteiger charge is 2.14. The molecule has 0 spiro atoms. The van der Waals surface area contributed by atoms with Crippen molar-refractivity contribution in [3.63, 3.8) is 0 Å². The lowest BCUT2D eigenvalue weighted by atomic mass is 9.95. The third-order valence-corrected chi connectivity index (χ3v) is 9.24. The molecule has 0 amide bonds. The summed E-state index contributed by atoms with van der Waals surface area (Å²) in [5, 5.41) is 0. The van der Waals surface area contributed by atoms with Gasteiger partial charge in [-0.3, -0.25) is 0 Å². The predicted molar refractivity (Wildman–Crippen MR) is 217 cm³/mol. The number of nitrogens with zero attached hydrogens (tertiary/aromatic N) is 1. The van der Waals surface area contributed by atoms with Crippen molar-refractivity contribution in [1.29, 1.82) is 0 Å². The van der Waals surface area contributed by atoms with E-state index in [9.17, 15) is 0 Å². The van der Waals surface area contributed by atoms with E-state index < -0.39 is 0 Å². The summed E-state index contributed by atoms with van der Waals surface area (Å²) in [4.78, 5) is 2.30. The van der Waals surface area contributed by atoms with Crippen LogP contribution < -0.4 is 14.4 Å². The third-order valence-electron chi connectivity index (χ3n) is 9.24. The van der Waals surface area contributed by atoms with Crippen LogP contribution in [-0.4, -0.2) is 0 Å². The van der Waals surface area contributed by atoms with Gasteiger partial charge >= 0.3 is 0 Å². The summed E-state index contributed by atoms with van der Waals surface area (Å²) >= 11 is 0. The molecule has 0 fully saturated rings. The number of aryl methyl sites for hydroxylation is 1. The summed E-state index contributed by atoms with van der Waals surface area (Å²) in [6.45, 7) is 2.86. The normalized spacial score (nSPS) is 10.8. The van der Waals surface area contributed by atoms with Crippen molar-refractivity contribution in [2.24, 2.45) is 0 Å². The Hall–Kier alpha value is -6.98. The molecular formula is C49H39NO4. The Balaban J connectivity index is 1.10. The number of ether oxygens (including phenoxy) is 2. The molecule has 5 nitrogen and oxygen atoms in total. The number of hydrogen-bond acceptors (Lipinski definition) is 5. The van der Waals surface area contributed by atoms with Gasteiger partial charge in [-0.15, -0.1) is 0 Å². The molecule has 5 heteroatoms. The van der Waals surface area contributed by atoms with E-state index in [-0.39, 0.29) is 0 Å². The van der Waals surface area contributed by atoms with Crippen LogP contribution in [0.25, 0.3) is 22.8 Å². The van der Waals surface area contributed by atoms with Crippen molar-refractivity contribution in [3.8, 4) is 22.6 Å². The van der Waals surface area contributed by atoms with Crippen LogP contribution in [0.5, 0.6) is 11.5 Å². The lowest BCUT2D eigenvalue weighted by Gasteiger charge is -2.26. The van der Waals surface area contributed by atoms with Gasteiger partial charge in [0.25, 0.3) is 0 Å². The summed E-state index contributed by atoms with van der Waals surface area (Å²) in [6.07, 6.45) is 5.54. The first-order chi connectivity index (χ1) is 26.6. The number of furan rings is 2. The van der Waals surface area contributed by atoms with Gasteiger partial charge in [-0.1, -0.05) is 96.6 Å². The van der Waals surface area contributed by atoms with Crippen LogP contribution in [0, 0.1) is 6.92 Å². The van der Waals surface area contributed by atoms with Crippen molar-refractivity contribution in [2.75, 3.05) is 4.90 Å². The molecule has 2 aromatic heterocycles. The SMILES string of the molecule is Cc1ccc(N(c2ccc(C=C(c3ccc(OCc4ccco4)cc3)c3ccc(OCc4ccco4)cc3)cc2)c2ccc(-c3ccccc3)cc2)cc1. The Morgan fingerprint density at radius 2 is 0.944 bits per heavy atom. The molecule has 0 saturated heterocycles. The van der Waals surface area contributed by atoms with Gasteiger partial charge in [-0.05, 0) is 131 Å². The Morgan fingerprint density at radius 3 is 1.43 bits per heavy atom. The van der Waals surface area contributed by atoms with Crippen molar-refractivity contribution in [2.45, 2.75) is 20.1 Å². The molecule has 0 aliphatic heterocycles. The molecule has 0 aliphatic rings. The van der Waals surface area contributed by atoms with Crippen LogP contribution in [0.3, 0.4) is 0 Å². The zero-order chi connectivity index (χ0) is 36.5. The summed E-state index contributed by atoms with van der Waals surface area (Å²) in [6, 6.07) is 60.6. The molecule has 0 saturated carbocycles. The Kier molecular flexibility index (Phi) is 10.2. The highest BCUT2D eigenvalue weighted by Crippen LogP contribution is 2.37. The van der Waals surface area contributed by atoms with Gasteiger partial charge in [-0.25, -0.2) is 0 Å². The Morgan fingerprint density at radius 1 is 0.481 bits per heavy atom. The van der Waals surface area contributed by atoms with Gasteiger partial charge in [0.1, 0.15) is 36.2 Å². The van der Waals surface area contributed by atoms with Crippen LogP contribution >= 0.6 is 0 Å². The quantitative estimate of drug-likeness (QED) is 0.112. The summed E-state index contributed by atoms with van der Waals surface area (Å²) < 4.78 is 22.8. The monoisotopic (exact) mass is 705 g/mol. The molecule has 2 heterocycles. The van der Waals surface area contributed by atoms with Crippen molar-refractivity contribution in [1.82, 2.24) is 0 Å². The highest BCUT2D eigenvalue weighted by atomic mass is 16.5. The van der Waals surface area contributed by atoms with E-state index in [4.69, 9.17) is 18.3 Å². The van der Waals surface area contributed by atoms with E-state index in [0.717, 1.165) is 62.3 Å². The second-order valence-corrected chi connectivity index (χ2v) is 13.0. The molecule has 54 heavy (non-hydrogen) atoms. The second-order valence-electron chi connectivity index (χ2n) is 13.0. The first-order valence-corrected chi connectivity index (χ1v) is 18.0. The molecule has 0 aliphatic carbocycles. The maximum absolute atomic E-state index is 5.98. The van der Waals surface area contributed by atoms with Crippen LogP contribution in [0.4, 0.5) is 17.1 Å². The molecule has 8 rings (SSSR count).